The van der Waals surface area contributed by atoms with Gasteiger partial charge in [-0.25, -0.2) is 12.8 Å². The van der Waals surface area contributed by atoms with Gasteiger partial charge in [0.2, 0.25) is 5.91 Å². The molecule has 1 aromatic heterocycles. The van der Waals surface area contributed by atoms with Crippen LogP contribution < -0.4 is 5.32 Å². The smallest absolute Gasteiger partial charge is 0.244 e. The summed E-state index contributed by atoms with van der Waals surface area (Å²) in [5.74, 6) is -1.07. The molecule has 32 heavy (non-hydrogen) atoms. The molecular weight excluding hydrogens is 474 g/mol. The second-order valence-corrected chi connectivity index (χ2v) is 9.97. The van der Waals surface area contributed by atoms with E-state index in [0.717, 1.165) is 0 Å². The zero-order valence-electron chi connectivity index (χ0n) is 16.6. The summed E-state index contributed by atoms with van der Waals surface area (Å²) in [7, 11) is -3.74. The van der Waals surface area contributed by atoms with Gasteiger partial charge in [0.15, 0.2) is 9.84 Å². The van der Waals surface area contributed by atoms with Crippen LogP contribution in [0, 0.1) is 5.82 Å². The molecule has 0 saturated carbocycles. The van der Waals surface area contributed by atoms with Crippen molar-refractivity contribution in [1.29, 1.82) is 0 Å². The van der Waals surface area contributed by atoms with Crippen LogP contribution in [0.3, 0.4) is 0 Å². The van der Waals surface area contributed by atoms with Crippen LogP contribution in [0.4, 0.5) is 10.1 Å². The first-order chi connectivity index (χ1) is 15.2. The van der Waals surface area contributed by atoms with E-state index in [-0.39, 0.29) is 23.1 Å². The molecule has 9 heteroatoms. The quantitative estimate of drug-likeness (QED) is 0.376. The molecule has 4 aromatic rings. The molecule has 0 bridgehead atoms. The molecule has 0 unspecified atom stereocenters. The number of nitrogens with zero attached hydrogens (tertiary/aromatic N) is 1. The van der Waals surface area contributed by atoms with Crippen LogP contribution in [0.1, 0.15) is 5.56 Å². The van der Waals surface area contributed by atoms with E-state index >= 15 is 0 Å². The van der Waals surface area contributed by atoms with E-state index < -0.39 is 15.7 Å². The van der Waals surface area contributed by atoms with Crippen molar-refractivity contribution < 1.29 is 17.6 Å². The molecule has 1 heterocycles. The van der Waals surface area contributed by atoms with Crippen molar-refractivity contribution in [3.8, 4) is 0 Å². The Morgan fingerprint density at radius 1 is 0.969 bits per heavy atom. The van der Waals surface area contributed by atoms with Gasteiger partial charge in [-0.3, -0.25) is 4.79 Å². The third-order valence-electron chi connectivity index (χ3n) is 4.87. The fourth-order valence-corrected chi connectivity index (χ4v) is 5.28. The summed E-state index contributed by atoms with van der Waals surface area (Å²) in [6, 6.07) is 17.0. The summed E-state index contributed by atoms with van der Waals surface area (Å²) in [6.45, 7) is -0.104. The van der Waals surface area contributed by atoms with E-state index in [1.54, 1.807) is 41.0 Å². The van der Waals surface area contributed by atoms with Crippen LogP contribution in [0.15, 0.2) is 77.8 Å². The number of halogens is 3. The highest BCUT2D eigenvalue weighted by molar-refractivity contribution is 7.90. The number of aromatic nitrogens is 1. The molecular formula is C23H17Cl2FN2O3S. The number of para-hydroxylation sites is 1. The van der Waals surface area contributed by atoms with Crippen molar-refractivity contribution in [2.24, 2.45) is 0 Å². The third kappa shape index (κ3) is 4.80. The van der Waals surface area contributed by atoms with Crippen LogP contribution >= 0.6 is 23.2 Å². The minimum absolute atomic E-state index is 0.104. The lowest BCUT2D eigenvalue weighted by Gasteiger charge is -2.08. The maximum atomic E-state index is 13.2. The maximum absolute atomic E-state index is 13.2. The first-order valence-electron chi connectivity index (χ1n) is 9.53. The molecule has 0 aliphatic heterocycles. The van der Waals surface area contributed by atoms with Crippen molar-refractivity contribution in [2.75, 3.05) is 5.32 Å². The Kier molecular flexibility index (Phi) is 6.24. The predicted molar refractivity (Wildman–Crippen MR) is 124 cm³/mol. The van der Waals surface area contributed by atoms with E-state index in [1.165, 1.54) is 36.5 Å². The summed E-state index contributed by atoms with van der Waals surface area (Å²) < 4.78 is 41.0. The third-order valence-corrected chi connectivity index (χ3v) is 7.32. The van der Waals surface area contributed by atoms with Crippen molar-refractivity contribution >= 4 is 55.5 Å². The SMILES string of the molecule is O=C(Cn1cc(S(=O)(=O)Cc2ccc(F)cc2)c2ccccc21)Nc1ccc(Cl)c(Cl)c1. The Morgan fingerprint density at radius 3 is 2.41 bits per heavy atom. The van der Waals surface area contributed by atoms with Crippen molar-refractivity contribution in [3.05, 3.63) is 94.4 Å². The van der Waals surface area contributed by atoms with Crippen LogP contribution in [-0.4, -0.2) is 18.9 Å². The van der Waals surface area contributed by atoms with Gasteiger partial charge < -0.3 is 9.88 Å². The molecule has 0 aliphatic carbocycles. The summed E-state index contributed by atoms with van der Waals surface area (Å²) in [5, 5.41) is 3.92. The molecule has 5 nitrogen and oxygen atoms in total. The zero-order chi connectivity index (χ0) is 22.9. The summed E-state index contributed by atoms with van der Waals surface area (Å²) in [5.41, 5.74) is 1.56. The molecule has 0 saturated heterocycles. The standard InChI is InChI=1S/C23H17Cl2FN2O3S/c24-19-10-9-17(11-20(19)25)27-23(29)13-28-12-22(18-3-1-2-4-21(18)28)32(30,31)14-15-5-7-16(26)8-6-15/h1-12H,13-14H2,(H,27,29). The average Bonchev–Trinajstić information content (AvgIpc) is 3.12. The molecule has 0 spiro atoms. The highest BCUT2D eigenvalue weighted by atomic mass is 35.5. The summed E-state index contributed by atoms with van der Waals surface area (Å²) in [4.78, 5) is 12.7. The highest BCUT2D eigenvalue weighted by Gasteiger charge is 2.22. The molecule has 0 radical (unpaired) electrons. The van der Waals surface area contributed by atoms with Gasteiger partial charge in [0.05, 0.1) is 20.7 Å². The summed E-state index contributed by atoms with van der Waals surface area (Å²) >= 11 is 11.9. The molecule has 3 aromatic carbocycles. The van der Waals surface area contributed by atoms with Crippen LogP contribution in [0.5, 0.6) is 0 Å². The van der Waals surface area contributed by atoms with E-state index in [1.807, 2.05) is 0 Å². The first-order valence-corrected chi connectivity index (χ1v) is 11.9. The van der Waals surface area contributed by atoms with Crippen LogP contribution in [-0.2, 0) is 26.9 Å². The van der Waals surface area contributed by atoms with Gasteiger partial charge in [0, 0.05) is 22.8 Å². The number of nitrogens with one attached hydrogen (secondary N) is 1. The Labute approximate surface area is 194 Å². The highest BCUT2D eigenvalue weighted by Crippen LogP contribution is 2.29. The monoisotopic (exact) mass is 490 g/mol. The largest absolute Gasteiger partial charge is 0.337 e. The number of sulfone groups is 1. The van der Waals surface area contributed by atoms with Crippen LogP contribution in [0.2, 0.25) is 10.0 Å². The lowest BCUT2D eigenvalue weighted by molar-refractivity contribution is -0.116. The average molecular weight is 491 g/mol. The van der Waals surface area contributed by atoms with Gasteiger partial charge in [-0.05, 0) is 42.0 Å². The number of amides is 1. The zero-order valence-corrected chi connectivity index (χ0v) is 18.9. The predicted octanol–water partition coefficient (Wildman–Crippen LogP) is 5.70. The van der Waals surface area contributed by atoms with Gasteiger partial charge in [-0.2, -0.15) is 0 Å². The van der Waals surface area contributed by atoms with Gasteiger partial charge in [0.1, 0.15) is 12.4 Å². The number of fused-ring (bicyclic) bond motifs is 1. The lowest BCUT2D eigenvalue weighted by Crippen LogP contribution is -2.18. The van der Waals surface area contributed by atoms with Gasteiger partial charge in [-0.1, -0.05) is 53.5 Å². The lowest BCUT2D eigenvalue weighted by atomic mass is 10.2. The van der Waals surface area contributed by atoms with Gasteiger partial charge >= 0.3 is 0 Å². The first kappa shape index (κ1) is 22.3. The molecule has 0 fully saturated rings. The minimum Gasteiger partial charge on any atom is -0.337 e. The molecule has 1 amide bonds. The fourth-order valence-electron chi connectivity index (χ4n) is 3.40. The molecule has 1 N–H and O–H groups in total. The Bertz CT molecular complexity index is 1420. The van der Waals surface area contributed by atoms with Crippen molar-refractivity contribution in [2.45, 2.75) is 17.2 Å². The van der Waals surface area contributed by atoms with Crippen molar-refractivity contribution in [3.63, 3.8) is 0 Å². The number of rotatable bonds is 6. The fraction of sp³-hybridized carbons (Fsp3) is 0.0870. The Hall–Kier alpha value is -2.87. The number of carbonyl (C=O) groups is 1. The number of carbonyl (C=O) groups excluding carboxylic acids is 1. The molecule has 4 rings (SSSR count). The second kappa shape index (κ2) is 8.94. The normalized spacial score (nSPS) is 11.6. The molecule has 164 valence electrons. The number of benzene rings is 3. The Morgan fingerprint density at radius 2 is 1.69 bits per heavy atom. The maximum Gasteiger partial charge on any atom is 0.244 e. The molecule has 0 aliphatic rings. The Balaban J connectivity index is 1.62. The van der Waals surface area contributed by atoms with Gasteiger partial charge in [0.25, 0.3) is 0 Å². The van der Waals surface area contributed by atoms with Crippen molar-refractivity contribution in [1.82, 2.24) is 4.57 Å². The summed E-state index contributed by atoms with van der Waals surface area (Å²) in [6.07, 6.45) is 1.46. The number of hydrogen-bond donors (Lipinski definition) is 1. The number of anilines is 1. The van der Waals surface area contributed by atoms with Gasteiger partial charge in [-0.15, -0.1) is 0 Å². The second-order valence-electron chi connectivity index (χ2n) is 7.20. The van der Waals surface area contributed by atoms with E-state index in [2.05, 4.69) is 5.32 Å². The van der Waals surface area contributed by atoms with Crippen LogP contribution in [0.25, 0.3) is 10.9 Å². The van der Waals surface area contributed by atoms with E-state index in [4.69, 9.17) is 23.2 Å². The number of hydrogen-bond acceptors (Lipinski definition) is 3. The van der Waals surface area contributed by atoms with E-state index in [0.29, 0.717) is 32.2 Å². The molecule has 0 atom stereocenters. The van der Waals surface area contributed by atoms with E-state index in [9.17, 15) is 17.6 Å². The topological polar surface area (TPSA) is 68.2 Å². The minimum atomic E-state index is -3.74.